The van der Waals surface area contributed by atoms with Crippen LogP contribution < -0.4 is 10.2 Å². The molecule has 0 bridgehead atoms. The van der Waals surface area contributed by atoms with Crippen molar-refractivity contribution in [2.24, 2.45) is 0 Å². The first-order valence-electron chi connectivity index (χ1n) is 3.70. The third-order valence-corrected chi connectivity index (χ3v) is 3.14. The predicted octanol–water partition coefficient (Wildman–Crippen LogP) is 0.643. The van der Waals surface area contributed by atoms with Crippen molar-refractivity contribution >= 4 is 11.3 Å². The number of aromatic amines is 1. The summed E-state index contributed by atoms with van der Waals surface area (Å²) in [5.74, 6) is 0. The van der Waals surface area contributed by atoms with Gasteiger partial charge in [-0.05, 0) is 19.9 Å². The molecule has 1 unspecified atom stereocenters. The van der Waals surface area contributed by atoms with Gasteiger partial charge in [0.2, 0.25) is 0 Å². The molecule has 1 aliphatic carbocycles. The van der Waals surface area contributed by atoms with Crippen LogP contribution in [0.3, 0.4) is 0 Å². The Hall–Kier alpha value is -0.610. The molecular weight excluding hydrogens is 160 g/mol. The van der Waals surface area contributed by atoms with Crippen LogP contribution >= 0.6 is 11.3 Å². The number of hydrogen-bond acceptors (Lipinski definition) is 3. The molecule has 1 aliphatic rings. The second kappa shape index (κ2) is 2.46. The minimum Gasteiger partial charge on any atom is -0.316 e. The van der Waals surface area contributed by atoms with E-state index >= 15 is 0 Å². The highest BCUT2D eigenvalue weighted by Gasteiger charge is 2.23. The van der Waals surface area contributed by atoms with Crippen molar-refractivity contribution in [3.63, 3.8) is 0 Å². The minimum absolute atomic E-state index is 0.0787. The van der Waals surface area contributed by atoms with Crippen molar-refractivity contribution < 1.29 is 0 Å². The molecule has 2 rings (SSSR count). The van der Waals surface area contributed by atoms with Crippen molar-refractivity contribution in [1.82, 2.24) is 10.3 Å². The van der Waals surface area contributed by atoms with E-state index in [0.29, 0.717) is 6.04 Å². The molecule has 0 spiro atoms. The van der Waals surface area contributed by atoms with E-state index in [-0.39, 0.29) is 4.87 Å². The maximum Gasteiger partial charge on any atom is 0.304 e. The molecule has 0 amide bonds. The van der Waals surface area contributed by atoms with E-state index in [4.69, 9.17) is 0 Å². The van der Waals surface area contributed by atoms with Crippen LogP contribution in [0, 0.1) is 0 Å². The standard InChI is InChI=1S/C7H10N2OS/c1-8-4-2-3-5-6(4)11-7(10)9-5/h4,8H,2-3H2,1H3,(H,9,10). The average Bonchev–Trinajstić information content (AvgIpc) is 2.45. The van der Waals surface area contributed by atoms with Gasteiger partial charge in [0.25, 0.3) is 0 Å². The Morgan fingerprint density at radius 2 is 2.55 bits per heavy atom. The second-order valence-electron chi connectivity index (χ2n) is 2.74. The zero-order valence-corrected chi connectivity index (χ0v) is 7.12. The van der Waals surface area contributed by atoms with Gasteiger partial charge in [0, 0.05) is 16.6 Å². The zero-order valence-electron chi connectivity index (χ0n) is 6.31. The molecule has 1 heterocycles. The Morgan fingerprint density at radius 1 is 1.73 bits per heavy atom. The topological polar surface area (TPSA) is 44.9 Å². The molecule has 3 nitrogen and oxygen atoms in total. The summed E-state index contributed by atoms with van der Waals surface area (Å²) < 4.78 is 0. The molecule has 0 saturated heterocycles. The Bertz CT molecular complexity index is 314. The molecule has 11 heavy (non-hydrogen) atoms. The summed E-state index contributed by atoms with van der Waals surface area (Å²) in [4.78, 5) is 15.0. The number of fused-ring (bicyclic) bond motifs is 1. The molecule has 4 heteroatoms. The smallest absolute Gasteiger partial charge is 0.304 e. The molecule has 60 valence electrons. The molecule has 0 fully saturated rings. The summed E-state index contributed by atoms with van der Waals surface area (Å²) in [5.41, 5.74) is 1.14. The van der Waals surface area contributed by atoms with Gasteiger partial charge < -0.3 is 10.3 Å². The fourth-order valence-corrected chi connectivity index (χ4v) is 2.56. The minimum atomic E-state index is 0.0787. The van der Waals surface area contributed by atoms with Gasteiger partial charge in [-0.15, -0.1) is 0 Å². The van der Waals surface area contributed by atoms with Gasteiger partial charge in [0.1, 0.15) is 0 Å². The quantitative estimate of drug-likeness (QED) is 0.649. The highest BCUT2D eigenvalue weighted by atomic mass is 32.1. The van der Waals surface area contributed by atoms with E-state index in [1.165, 1.54) is 16.2 Å². The lowest BCUT2D eigenvalue weighted by Gasteiger charge is -2.04. The normalized spacial score (nSPS) is 22.1. The molecule has 0 saturated carbocycles. The second-order valence-corrected chi connectivity index (χ2v) is 3.75. The Balaban J connectivity index is 2.45. The first-order valence-corrected chi connectivity index (χ1v) is 4.52. The van der Waals surface area contributed by atoms with E-state index in [1.54, 1.807) is 0 Å². The lowest BCUT2D eigenvalue weighted by molar-refractivity contribution is 0.596. The SMILES string of the molecule is CNC1CCc2[nH]c(=O)sc21. The number of rotatable bonds is 1. The number of aromatic nitrogens is 1. The highest BCUT2D eigenvalue weighted by Crippen LogP contribution is 2.30. The maximum atomic E-state index is 10.9. The van der Waals surface area contributed by atoms with Crippen LogP contribution in [-0.2, 0) is 6.42 Å². The largest absolute Gasteiger partial charge is 0.316 e. The van der Waals surface area contributed by atoms with Gasteiger partial charge in [0.05, 0.1) is 0 Å². The average molecular weight is 170 g/mol. The van der Waals surface area contributed by atoms with E-state index in [0.717, 1.165) is 18.5 Å². The van der Waals surface area contributed by atoms with Gasteiger partial charge in [0.15, 0.2) is 0 Å². The lowest BCUT2D eigenvalue weighted by Crippen LogP contribution is -2.11. The predicted molar refractivity (Wildman–Crippen MR) is 45.1 cm³/mol. The van der Waals surface area contributed by atoms with Gasteiger partial charge >= 0.3 is 4.87 Å². The molecular formula is C7H10N2OS. The van der Waals surface area contributed by atoms with Crippen LogP contribution in [0.4, 0.5) is 0 Å². The molecule has 1 atom stereocenters. The van der Waals surface area contributed by atoms with Crippen LogP contribution in [-0.4, -0.2) is 12.0 Å². The number of aryl methyl sites for hydroxylation is 1. The van der Waals surface area contributed by atoms with Crippen LogP contribution in [0.25, 0.3) is 0 Å². The number of nitrogens with one attached hydrogen (secondary N) is 2. The number of hydrogen-bond donors (Lipinski definition) is 2. The van der Waals surface area contributed by atoms with Gasteiger partial charge in [-0.2, -0.15) is 0 Å². The van der Waals surface area contributed by atoms with Gasteiger partial charge in [-0.3, -0.25) is 4.79 Å². The summed E-state index contributed by atoms with van der Waals surface area (Å²) in [6, 6.07) is 0.411. The monoisotopic (exact) mass is 170 g/mol. The van der Waals surface area contributed by atoms with Crippen molar-refractivity contribution in [1.29, 1.82) is 0 Å². The lowest BCUT2D eigenvalue weighted by atomic mass is 10.3. The first-order chi connectivity index (χ1) is 5.31. The van der Waals surface area contributed by atoms with E-state index in [1.807, 2.05) is 7.05 Å². The molecule has 0 aliphatic heterocycles. The van der Waals surface area contributed by atoms with Crippen LogP contribution in [0.2, 0.25) is 0 Å². The highest BCUT2D eigenvalue weighted by molar-refractivity contribution is 7.09. The fraction of sp³-hybridized carbons (Fsp3) is 0.571. The Morgan fingerprint density at radius 3 is 3.27 bits per heavy atom. The third-order valence-electron chi connectivity index (χ3n) is 2.10. The number of thiazole rings is 1. The Kier molecular flexibility index (Phi) is 1.58. The van der Waals surface area contributed by atoms with Gasteiger partial charge in [-0.1, -0.05) is 11.3 Å². The maximum absolute atomic E-state index is 10.9. The van der Waals surface area contributed by atoms with Crippen LogP contribution in [0.1, 0.15) is 23.0 Å². The van der Waals surface area contributed by atoms with E-state index < -0.39 is 0 Å². The summed E-state index contributed by atoms with van der Waals surface area (Å²) in [6.45, 7) is 0. The first kappa shape index (κ1) is 7.06. The van der Waals surface area contributed by atoms with Crippen molar-refractivity contribution in [2.45, 2.75) is 18.9 Å². The summed E-state index contributed by atoms with van der Waals surface area (Å²) >= 11 is 1.34. The fourth-order valence-electron chi connectivity index (χ4n) is 1.53. The molecule has 1 aromatic rings. The summed E-state index contributed by atoms with van der Waals surface area (Å²) in [5, 5.41) is 3.18. The Labute approximate surface area is 68.5 Å². The van der Waals surface area contributed by atoms with Gasteiger partial charge in [-0.25, -0.2) is 0 Å². The molecule has 1 aromatic heterocycles. The summed E-state index contributed by atoms with van der Waals surface area (Å²) in [6.07, 6.45) is 2.13. The van der Waals surface area contributed by atoms with Crippen LogP contribution in [0.15, 0.2) is 4.79 Å². The van der Waals surface area contributed by atoms with Crippen molar-refractivity contribution in [3.8, 4) is 0 Å². The van der Waals surface area contributed by atoms with Crippen molar-refractivity contribution in [2.75, 3.05) is 7.05 Å². The van der Waals surface area contributed by atoms with E-state index in [2.05, 4.69) is 10.3 Å². The third kappa shape index (κ3) is 1.02. The molecule has 2 N–H and O–H groups in total. The zero-order chi connectivity index (χ0) is 7.84. The molecule has 0 radical (unpaired) electrons. The number of H-pyrrole nitrogens is 1. The van der Waals surface area contributed by atoms with Crippen LogP contribution in [0.5, 0.6) is 0 Å². The summed E-state index contributed by atoms with van der Waals surface area (Å²) in [7, 11) is 1.93. The van der Waals surface area contributed by atoms with E-state index in [9.17, 15) is 4.79 Å². The molecule has 0 aromatic carbocycles. The van der Waals surface area contributed by atoms with Crippen molar-refractivity contribution in [3.05, 3.63) is 20.2 Å².